The van der Waals surface area contributed by atoms with Gasteiger partial charge in [0, 0.05) is 17.5 Å². The molecule has 0 radical (unpaired) electrons. The fourth-order valence-corrected chi connectivity index (χ4v) is 3.05. The molecule has 0 spiro atoms. The summed E-state index contributed by atoms with van der Waals surface area (Å²) in [5.41, 5.74) is 0.826. The summed E-state index contributed by atoms with van der Waals surface area (Å²) in [6.07, 6.45) is 3.95. The molecule has 0 unspecified atom stereocenters. The van der Waals surface area contributed by atoms with Crippen LogP contribution in [0.2, 0.25) is 0 Å². The third-order valence-electron chi connectivity index (χ3n) is 4.33. The van der Waals surface area contributed by atoms with Crippen molar-refractivity contribution in [1.29, 1.82) is 0 Å². The average molecular weight is 321 g/mol. The van der Waals surface area contributed by atoms with Crippen molar-refractivity contribution in [3.05, 3.63) is 35.9 Å². The Morgan fingerprint density at radius 3 is 2.64 bits per heavy atom. The highest BCUT2D eigenvalue weighted by Gasteiger charge is 2.13. The van der Waals surface area contributed by atoms with Gasteiger partial charge in [-0.3, -0.25) is 4.90 Å². The molecular formula is C18H23ClNO2-. The van der Waals surface area contributed by atoms with Crippen LogP contribution >= 0.6 is 0 Å². The highest BCUT2D eigenvalue weighted by atomic mass is 35.5. The van der Waals surface area contributed by atoms with Crippen molar-refractivity contribution < 1.29 is 22.3 Å². The monoisotopic (exact) mass is 320 g/mol. The van der Waals surface area contributed by atoms with Crippen LogP contribution in [0.5, 0.6) is 11.5 Å². The van der Waals surface area contributed by atoms with E-state index in [0.29, 0.717) is 12.4 Å². The minimum absolute atomic E-state index is 0. The molecule has 0 saturated carbocycles. The lowest BCUT2D eigenvalue weighted by molar-refractivity contribution is -0.00000574. The predicted octanol–water partition coefficient (Wildman–Crippen LogP) is 0.723. The molecule has 1 heterocycles. The van der Waals surface area contributed by atoms with Crippen molar-refractivity contribution in [1.82, 2.24) is 4.90 Å². The van der Waals surface area contributed by atoms with Gasteiger partial charge >= 0.3 is 0 Å². The Hall–Kier alpha value is -1.45. The zero-order valence-electron chi connectivity index (χ0n) is 13.0. The van der Waals surface area contributed by atoms with E-state index in [4.69, 9.17) is 4.74 Å². The van der Waals surface area contributed by atoms with Gasteiger partial charge in [0.15, 0.2) is 0 Å². The minimum Gasteiger partial charge on any atom is -1.00 e. The first-order valence-electron chi connectivity index (χ1n) is 7.82. The fraction of sp³-hybridized carbons (Fsp3) is 0.444. The molecule has 1 aliphatic rings. The molecule has 2 aromatic rings. The summed E-state index contributed by atoms with van der Waals surface area (Å²) in [5, 5.41) is 12.2. The highest BCUT2D eigenvalue weighted by molar-refractivity contribution is 5.91. The molecule has 0 bridgehead atoms. The van der Waals surface area contributed by atoms with E-state index in [9.17, 15) is 5.11 Å². The SMILES string of the molecule is Cc1c(O)cc2ccccc2c1OCCN1CCCCC1.[Cl-]. The van der Waals surface area contributed by atoms with Gasteiger partial charge in [0.05, 0.1) is 0 Å². The summed E-state index contributed by atoms with van der Waals surface area (Å²) in [7, 11) is 0. The predicted molar refractivity (Wildman–Crippen MR) is 86.1 cm³/mol. The Labute approximate surface area is 138 Å². The quantitative estimate of drug-likeness (QED) is 0.901. The van der Waals surface area contributed by atoms with Crippen LogP contribution in [0.25, 0.3) is 10.8 Å². The number of hydrogen-bond donors (Lipinski definition) is 1. The molecular weight excluding hydrogens is 298 g/mol. The first kappa shape index (κ1) is 16.9. The molecule has 0 atom stereocenters. The minimum atomic E-state index is 0. The number of benzene rings is 2. The van der Waals surface area contributed by atoms with Crippen LogP contribution in [0.1, 0.15) is 24.8 Å². The van der Waals surface area contributed by atoms with Gasteiger partial charge in [-0.2, -0.15) is 0 Å². The van der Waals surface area contributed by atoms with E-state index < -0.39 is 0 Å². The van der Waals surface area contributed by atoms with Gasteiger partial charge in [0.1, 0.15) is 18.1 Å². The Balaban J connectivity index is 0.00000176. The first-order chi connectivity index (χ1) is 10.3. The fourth-order valence-electron chi connectivity index (χ4n) is 3.05. The Morgan fingerprint density at radius 2 is 1.86 bits per heavy atom. The van der Waals surface area contributed by atoms with Crippen molar-refractivity contribution in [3.8, 4) is 11.5 Å². The summed E-state index contributed by atoms with van der Waals surface area (Å²) >= 11 is 0. The van der Waals surface area contributed by atoms with Crippen LogP contribution in [0.4, 0.5) is 0 Å². The van der Waals surface area contributed by atoms with Gasteiger partial charge in [0.25, 0.3) is 0 Å². The lowest BCUT2D eigenvalue weighted by Crippen LogP contribution is -3.00. The maximum absolute atomic E-state index is 10.1. The molecule has 1 saturated heterocycles. The normalized spacial score (nSPS) is 15.5. The first-order valence-corrected chi connectivity index (χ1v) is 7.82. The van der Waals surface area contributed by atoms with E-state index in [1.54, 1.807) is 0 Å². The van der Waals surface area contributed by atoms with E-state index in [2.05, 4.69) is 11.0 Å². The molecule has 2 aromatic carbocycles. The zero-order valence-corrected chi connectivity index (χ0v) is 13.8. The molecule has 3 nitrogen and oxygen atoms in total. The molecule has 22 heavy (non-hydrogen) atoms. The summed E-state index contributed by atoms with van der Waals surface area (Å²) in [5.74, 6) is 1.13. The standard InChI is InChI=1S/C18H23NO2.ClH/c1-14-17(20)13-15-7-3-4-8-16(15)18(14)21-12-11-19-9-5-2-6-10-19;/h3-4,7-8,13,20H,2,5-6,9-12H2,1H3;1H/p-1. The van der Waals surface area contributed by atoms with Gasteiger partial charge in [-0.05, 0) is 44.3 Å². The molecule has 0 aliphatic carbocycles. The summed E-state index contributed by atoms with van der Waals surface area (Å²) in [4.78, 5) is 2.46. The summed E-state index contributed by atoms with van der Waals surface area (Å²) < 4.78 is 6.03. The maximum Gasteiger partial charge on any atom is 0.133 e. The number of halogens is 1. The van der Waals surface area contributed by atoms with Crippen LogP contribution in [0.15, 0.2) is 30.3 Å². The van der Waals surface area contributed by atoms with Crippen molar-refractivity contribution in [2.45, 2.75) is 26.2 Å². The van der Waals surface area contributed by atoms with Crippen molar-refractivity contribution in [3.63, 3.8) is 0 Å². The molecule has 0 aromatic heterocycles. The number of piperidine rings is 1. The van der Waals surface area contributed by atoms with Gasteiger partial charge < -0.3 is 22.3 Å². The molecule has 3 rings (SSSR count). The van der Waals surface area contributed by atoms with Crippen molar-refractivity contribution in [2.75, 3.05) is 26.2 Å². The second-order valence-corrected chi connectivity index (χ2v) is 5.82. The zero-order chi connectivity index (χ0) is 14.7. The third kappa shape index (κ3) is 3.65. The number of rotatable bonds is 4. The summed E-state index contributed by atoms with van der Waals surface area (Å²) in [6.45, 7) is 5.92. The molecule has 1 N–H and O–H groups in total. The molecule has 1 aliphatic heterocycles. The number of phenols is 1. The number of hydrogen-bond acceptors (Lipinski definition) is 3. The maximum atomic E-state index is 10.1. The average Bonchev–Trinajstić information content (AvgIpc) is 2.52. The van der Waals surface area contributed by atoms with Gasteiger partial charge in [-0.25, -0.2) is 0 Å². The van der Waals surface area contributed by atoms with Crippen LogP contribution in [-0.4, -0.2) is 36.2 Å². The number of fused-ring (bicyclic) bond motifs is 1. The Kier molecular flexibility index (Phi) is 5.92. The van der Waals surface area contributed by atoms with E-state index >= 15 is 0 Å². The Bertz CT molecular complexity index is 624. The smallest absolute Gasteiger partial charge is 0.133 e. The number of aromatic hydroxyl groups is 1. The number of phenolic OH excluding ortho intramolecular Hbond substituents is 1. The van der Waals surface area contributed by atoms with Crippen LogP contribution < -0.4 is 17.1 Å². The summed E-state index contributed by atoms with van der Waals surface area (Å²) in [6, 6.07) is 9.86. The second-order valence-electron chi connectivity index (χ2n) is 5.82. The van der Waals surface area contributed by atoms with Crippen molar-refractivity contribution >= 4 is 10.8 Å². The van der Waals surface area contributed by atoms with Crippen LogP contribution in [0, 0.1) is 6.92 Å². The molecule has 120 valence electrons. The number of likely N-dealkylation sites (tertiary alicyclic amines) is 1. The van der Waals surface area contributed by atoms with Gasteiger partial charge in [-0.1, -0.05) is 30.7 Å². The number of ether oxygens (including phenoxy) is 1. The number of nitrogens with zero attached hydrogens (tertiary/aromatic N) is 1. The van der Waals surface area contributed by atoms with Gasteiger partial charge in [-0.15, -0.1) is 0 Å². The van der Waals surface area contributed by atoms with E-state index in [-0.39, 0.29) is 12.4 Å². The van der Waals surface area contributed by atoms with E-state index in [1.807, 2.05) is 31.2 Å². The third-order valence-corrected chi connectivity index (χ3v) is 4.33. The van der Waals surface area contributed by atoms with Gasteiger partial charge in [0.2, 0.25) is 0 Å². The lowest BCUT2D eigenvalue weighted by atomic mass is 10.1. The second kappa shape index (κ2) is 7.70. The van der Waals surface area contributed by atoms with E-state index in [1.165, 1.54) is 32.4 Å². The molecule has 1 fully saturated rings. The molecule has 0 amide bonds. The van der Waals surface area contributed by atoms with Crippen molar-refractivity contribution in [2.24, 2.45) is 0 Å². The van der Waals surface area contributed by atoms with Crippen LogP contribution in [-0.2, 0) is 0 Å². The topological polar surface area (TPSA) is 32.7 Å². The Morgan fingerprint density at radius 1 is 1.14 bits per heavy atom. The largest absolute Gasteiger partial charge is 1.00 e. The van der Waals surface area contributed by atoms with E-state index in [0.717, 1.165) is 28.6 Å². The molecule has 4 heteroatoms. The van der Waals surface area contributed by atoms with Crippen LogP contribution in [0.3, 0.4) is 0 Å². The highest BCUT2D eigenvalue weighted by Crippen LogP contribution is 2.35. The lowest BCUT2D eigenvalue weighted by Gasteiger charge is -2.26.